The van der Waals surface area contributed by atoms with Gasteiger partial charge in [-0.3, -0.25) is 4.79 Å². The molecule has 0 unspecified atom stereocenters. The van der Waals surface area contributed by atoms with Crippen LogP contribution >= 0.6 is 0 Å². The molecule has 0 atom stereocenters. The van der Waals surface area contributed by atoms with Crippen LogP contribution in [-0.2, 0) is 4.79 Å². The smallest absolute Gasteiger partial charge is 0.249 e. The lowest BCUT2D eigenvalue weighted by Crippen LogP contribution is -2.38. The standard InChI is InChI=1S/C13H17N3O/c1-13(2,3)16-12(17)8-11(15-16)9-4-6-10(14)7-5-9/h4-7H,8,14H2,1-3H3. The fourth-order valence-electron chi connectivity index (χ4n) is 1.79. The van der Waals surface area contributed by atoms with Crippen LogP contribution in [0.15, 0.2) is 29.4 Å². The largest absolute Gasteiger partial charge is 0.399 e. The molecule has 2 rings (SSSR count). The minimum atomic E-state index is -0.271. The second-order valence-corrected chi connectivity index (χ2v) is 5.22. The molecule has 4 heteroatoms. The van der Waals surface area contributed by atoms with E-state index < -0.39 is 0 Å². The Hall–Kier alpha value is -1.84. The zero-order valence-corrected chi connectivity index (χ0v) is 10.4. The molecule has 1 heterocycles. The summed E-state index contributed by atoms with van der Waals surface area (Å²) in [5.41, 5.74) is 7.84. The van der Waals surface area contributed by atoms with E-state index in [0.29, 0.717) is 12.1 Å². The maximum atomic E-state index is 11.9. The van der Waals surface area contributed by atoms with Gasteiger partial charge in [0.1, 0.15) is 0 Å². The van der Waals surface area contributed by atoms with Crippen molar-refractivity contribution in [3.63, 3.8) is 0 Å². The van der Waals surface area contributed by atoms with Crippen molar-refractivity contribution in [3.05, 3.63) is 29.8 Å². The maximum Gasteiger partial charge on any atom is 0.249 e. The molecule has 0 aliphatic carbocycles. The van der Waals surface area contributed by atoms with Crippen LogP contribution in [-0.4, -0.2) is 22.2 Å². The van der Waals surface area contributed by atoms with Crippen molar-refractivity contribution < 1.29 is 4.79 Å². The van der Waals surface area contributed by atoms with Crippen LogP contribution in [0.5, 0.6) is 0 Å². The number of nitrogens with zero attached hydrogens (tertiary/aromatic N) is 2. The minimum absolute atomic E-state index is 0.0457. The molecule has 0 saturated carbocycles. The fourth-order valence-corrected chi connectivity index (χ4v) is 1.79. The van der Waals surface area contributed by atoms with Crippen LogP contribution in [0.1, 0.15) is 32.8 Å². The number of rotatable bonds is 1. The monoisotopic (exact) mass is 231 g/mol. The summed E-state index contributed by atoms with van der Waals surface area (Å²) in [5, 5.41) is 5.95. The molecule has 17 heavy (non-hydrogen) atoms. The molecule has 0 bridgehead atoms. The summed E-state index contributed by atoms with van der Waals surface area (Å²) < 4.78 is 0. The van der Waals surface area contributed by atoms with E-state index >= 15 is 0 Å². The number of hydrogen-bond acceptors (Lipinski definition) is 3. The first-order valence-corrected chi connectivity index (χ1v) is 5.64. The average molecular weight is 231 g/mol. The molecule has 1 aliphatic heterocycles. The quantitative estimate of drug-likeness (QED) is 0.751. The third-order valence-electron chi connectivity index (χ3n) is 2.65. The van der Waals surface area contributed by atoms with E-state index in [4.69, 9.17) is 5.73 Å². The highest BCUT2D eigenvalue weighted by Crippen LogP contribution is 2.23. The Morgan fingerprint density at radius 2 is 1.82 bits per heavy atom. The summed E-state index contributed by atoms with van der Waals surface area (Å²) in [4.78, 5) is 11.9. The molecule has 1 aliphatic rings. The number of anilines is 1. The molecule has 1 aromatic carbocycles. The summed E-state index contributed by atoms with van der Waals surface area (Å²) in [5.74, 6) is 0.0457. The van der Waals surface area contributed by atoms with E-state index in [-0.39, 0.29) is 11.4 Å². The number of hydrogen-bond donors (Lipinski definition) is 1. The predicted octanol–water partition coefficient (Wildman–Crippen LogP) is 2.00. The highest BCUT2D eigenvalue weighted by molar-refractivity contribution is 6.13. The molecule has 0 saturated heterocycles. The number of carbonyl (C=O) groups excluding carboxylic acids is 1. The second-order valence-electron chi connectivity index (χ2n) is 5.22. The van der Waals surface area contributed by atoms with Gasteiger partial charge in [0.05, 0.1) is 17.7 Å². The lowest BCUT2D eigenvalue weighted by molar-refractivity contribution is -0.133. The van der Waals surface area contributed by atoms with E-state index in [1.165, 1.54) is 0 Å². The molecule has 2 N–H and O–H groups in total. The SMILES string of the molecule is CC(C)(C)N1N=C(c2ccc(N)cc2)CC1=O. The van der Waals surface area contributed by atoms with E-state index in [1.807, 2.05) is 45.0 Å². The Bertz CT molecular complexity index is 468. The summed E-state index contributed by atoms with van der Waals surface area (Å²) >= 11 is 0. The normalized spacial score (nSPS) is 16.3. The lowest BCUT2D eigenvalue weighted by Gasteiger charge is -2.27. The van der Waals surface area contributed by atoms with Gasteiger partial charge in [-0.15, -0.1) is 0 Å². The summed E-state index contributed by atoms with van der Waals surface area (Å²) in [6.45, 7) is 5.92. The van der Waals surface area contributed by atoms with Crippen LogP contribution in [0.4, 0.5) is 5.69 Å². The molecular formula is C13H17N3O. The topological polar surface area (TPSA) is 58.7 Å². The van der Waals surface area contributed by atoms with Gasteiger partial charge in [0, 0.05) is 5.69 Å². The van der Waals surface area contributed by atoms with Crippen molar-refractivity contribution in [1.29, 1.82) is 0 Å². The van der Waals surface area contributed by atoms with Gasteiger partial charge < -0.3 is 5.73 Å². The van der Waals surface area contributed by atoms with Crippen molar-refractivity contribution >= 4 is 17.3 Å². The minimum Gasteiger partial charge on any atom is -0.399 e. The van der Waals surface area contributed by atoms with Crippen LogP contribution in [0, 0.1) is 0 Å². The second kappa shape index (κ2) is 3.87. The van der Waals surface area contributed by atoms with Crippen molar-refractivity contribution in [2.45, 2.75) is 32.7 Å². The molecule has 0 fully saturated rings. The van der Waals surface area contributed by atoms with Crippen LogP contribution in [0.2, 0.25) is 0 Å². The van der Waals surface area contributed by atoms with Gasteiger partial charge in [0.15, 0.2) is 0 Å². The van der Waals surface area contributed by atoms with Gasteiger partial charge in [-0.2, -0.15) is 5.10 Å². The van der Waals surface area contributed by atoms with Gasteiger partial charge in [-0.25, -0.2) is 5.01 Å². The first-order valence-electron chi connectivity index (χ1n) is 5.64. The van der Waals surface area contributed by atoms with Crippen LogP contribution in [0.25, 0.3) is 0 Å². The third kappa shape index (κ3) is 2.30. The van der Waals surface area contributed by atoms with E-state index in [2.05, 4.69) is 5.10 Å². The zero-order chi connectivity index (χ0) is 12.6. The van der Waals surface area contributed by atoms with E-state index in [9.17, 15) is 4.79 Å². The van der Waals surface area contributed by atoms with Crippen molar-refractivity contribution in [2.24, 2.45) is 5.10 Å². The van der Waals surface area contributed by atoms with Gasteiger partial charge >= 0.3 is 0 Å². The molecule has 1 aromatic rings. The van der Waals surface area contributed by atoms with Gasteiger partial charge in [-0.05, 0) is 38.5 Å². The van der Waals surface area contributed by atoms with Gasteiger partial charge in [0.2, 0.25) is 5.91 Å². The molecular weight excluding hydrogens is 214 g/mol. The Morgan fingerprint density at radius 1 is 1.24 bits per heavy atom. The van der Waals surface area contributed by atoms with E-state index in [1.54, 1.807) is 5.01 Å². The molecule has 90 valence electrons. The highest BCUT2D eigenvalue weighted by Gasteiger charge is 2.32. The number of benzene rings is 1. The molecule has 1 amide bonds. The summed E-state index contributed by atoms with van der Waals surface area (Å²) in [6.07, 6.45) is 0.362. The van der Waals surface area contributed by atoms with Gasteiger partial charge in [-0.1, -0.05) is 12.1 Å². The third-order valence-corrected chi connectivity index (χ3v) is 2.65. The van der Waals surface area contributed by atoms with Crippen LogP contribution in [0.3, 0.4) is 0 Å². The Morgan fingerprint density at radius 3 is 2.29 bits per heavy atom. The molecule has 0 radical (unpaired) electrons. The highest BCUT2D eigenvalue weighted by atomic mass is 16.2. The number of nitrogens with two attached hydrogens (primary N) is 1. The Balaban J connectivity index is 2.30. The summed E-state index contributed by atoms with van der Waals surface area (Å²) in [6, 6.07) is 7.44. The first kappa shape index (κ1) is 11.6. The summed E-state index contributed by atoms with van der Waals surface area (Å²) in [7, 11) is 0. The fraction of sp³-hybridized carbons (Fsp3) is 0.385. The first-order chi connectivity index (χ1) is 7.88. The molecule has 0 aromatic heterocycles. The number of amides is 1. The number of carbonyl (C=O) groups is 1. The maximum absolute atomic E-state index is 11.9. The molecule has 4 nitrogen and oxygen atoms in total. The zero-order valence-electron chi connectivity index (χ0n) is 10.4. The Labute approximate surface area is 101 Å². The van der Waals surface area contributed by atoms with E-state index in [0.717, 1.165) is 11.3 Å². The number of nitrogen functional groups attached to an aromatic ring is 1. The van der Waals surface area contributed by atoms with Crippen molar-refractivity contribution in [3.8, 4) is 0 Å². The van der Waals surface area contributed by atoms with Crippen molar-refractivity contribution in [2.75, 3.05) is 5.73 Å². The average Bonchev–Trinajstić information content (AvgIpc) is 2.61. The number of hydrazone groups is 1. The predicted molar refractivity (Wildman–Crippen MR) is 68.6 cm³/mol. The van der Waals surface area contributed by atoms with Gasteiger partial charge in [0.25, 0.3) is 0 Å². The molecule has 0 spiro atoms. The lowest BCUT2D eigenvalue weighted by atomic mass is 10.1. The van der Waals surface area contributed by atoms with Crippen LogP contribution < -0.4 is 5.73 Å². The van der Waals surface area contributed by atoms with Crippen molar-refractivity contribution in [1.82, 2.24) is 5.01 Å². The Kier molecular flexibility index (Phi) is 2.65.